The molecule has 0 spiro atoms. The fourth-order valence-electron chi connectivity index (χ4n) is 3.44. The van der Waals surface area contributed by atoms with Crippen LogP contribution in [0.15, 0.2) is 60.9 Å². The second kappa shape index (κ2) is 8.68. The zero-order valence-corrected chi connectivity index (χ0v) is 16.5. The van der Waals surface area contributed by atoms with Crippen LogP contribution in [0.2, 0.25) is 0 Å². The first-order valence-corrected chi connectivity index (χ1v) is 9.77. The number of aromatic nitrogens is 3. The van der Waals surface area contributed by atoms with Crippen LogP contribution in [0.3, 0.4) is 0 Å². The van der Waals surface area contributed by atoms with E-state index < -0.39 is 0 Å². The Balaban J connectivity index is 1.41. The summed E-state index contributed by atoms with van der Waals surface area (Å²) >= 11 is 0. The van der Waals surface area contributed by atoms with Gasteiger partial charge in [-0.1, -0.05) is 18.2 Å². The lowest BCUT2D eigenvalue weighted by Gasteiger charge is -2.36. The van der Waals surface area contributed by atoms with Gasteiger partial charge in [-0.3, -0.25) is 9.78 Å². The number of nitrogens with zero attached hydrogens (tertiary/aromatic N) is 5. The standard InChI is InChI=1S/C22H24N6O/c1-17-25-20(22(29)24-16-18-7-9-23-10-8-18)15-21(26-17)28-13-11-27(12-14-28)19-5-3-2-4-6-19/h2-10,15H,11-14,16H2,1H3,(H,24,29). The third-order valence-electron chi connectivity index (χ3n) is 4.98. The van der Waals surface area contributed by atoms with Crippen LogP contribution in [0.25, 0.3) is 0 Å². The van der Waals surface area contributed by atoms with Gasteiger partial charge >= 0.3 is 0 Å². The van der Waals surface area contributed by atoms with Gasteiger partial charge in [0, 0.05) is 56.9 Å². The van der Waals surface area contributed by atoms with Crippen LogP contribution < -0.4 is 15.1 Å². The molecule has 1 saturated heterocycles. The number of hydrogen-bond donors (Lipinski definition) is 1. The van der Waals surface area contributed by atoms with Gasteiger partial charge in [-0.25, -0.2) is 9.97 Å². The highest BCUT2D eigenvalue weighted by Crippen LogP contribution is 2.19. The number of para-hydroxylation sites is 1. The molecule has 4 rings (SSSR count). The maximum absolute atomic E-state index is 12.6. The number of hydrogen-bond acceptors (Lipinski definition) is 6. The number of carbonyl (C=O) groups is 1. The number of piperazine rings is 1. The van der Waals surface area contributed by atoms with Gasteiger partial charge in [-0.05, 0) is 36.8 Å². The molecule has 1 fully saturated rings. The Kier molecular flexibility index (Phi) is 5.65. The van der Waals surface area contributed by atoms with Gasteiger partial charge < -0.3 is 15.1 Å². The summed E-state index contributed by atoms with van der Waals surface area (Å²) < 4.78 is 0. The molecule has 29 heavy (non-hydrogen) atoms. The van der Waals surface area contributed by atoms with Crippen molar-refractivity contribution in [2.75, 3.05) is 36.0 Å². The zero-order chi connectivity index (χ0) is 20.1. The molecule has 0 bridgehead atoms. The first kappa shape index (κ1) is 18.9. The van der Waals surface area contributed by atoms with E-state index in [1.54, 1.807) is 18.5 Å². The molecule has 0 aliphatic carbocycles. The Labute approximate surface area is 170 Å². The lowest BCUT2D eigenvalue weighted by Crippen LogP contribution is -2.47. The molecular weight excluding hydrogens is 364 g/mol. The van der Waals surface area contributed by atoms with Crippen LogP contribution >= 0.6 is 0 Å². The molecule has 7 heteroatoms. The molecule has 1 aromatic carbocycles. The van der Waals surface area contributed by atoms with E-state index in [2.05, 4.69) is 54.3 Å². The number of carbonyl (C=O) groups excluding carboxylic acids is 1. The Hall–Kier alpha value is -3.48. The second-order valence-electron chi connectivity index (χ2n) is 7.01. The van der Waals surface area contributed by atoms with E-state index in [1.807, 2.05) is 25.1 Å². The first-order chi connectivity index (χ1) is 14.2. The van der Waals surface area contributed by atoms with Gasteiger partial charge in [-0.15, -0.1) is 0 Å². The smallest absolute Gasteiger partial charge is 0.270 e. The number of rotatable bonds is 5. The normalized spacial score (nSPS) is 14.0. The van der Waals surface area contributed by atoms with Crippen LogP contribution in [-0.2, 0) is 6.54 Å². The molecule has 0 radical (unpaired) electrons. The summed E-state index contributed by atoms with van der Waals surface area (Å²) in [7, 11) is 0. The van der Waals surface area contributed by atoms with Crippen molar-refractivity contribution in [3.05, 3.63) is 78.0 Å². The molecule has 1 aliphatic heterocycles. The fourth-order valence-corrected chi connectivity index (χ4v) is 3.44. The first-order valence-electron chi connectivity index (χ1n) is 9.77. The third kappa shape index (κ3) is 4.68. The average Bonchev–Trinajstić information content (AvgIpc) is 2.78. The number of anilines is 2. The third-order valence-corrected chi connectivity index (χ3v) is 4.98. The largest absolute Gasteiger partial charge is 0.368 e. The topological polar surface area (TPSA) is 74.2 Å². The van der Waals surface area contributed by atoms with Crippen molar-refractivity contribution < 1.29 is 4.79 Å². The van der Waals surface area contributed by atoms with Crippen LogP contribution in [0.5, 0.6) is 0 Å². The molecule has 1 N–H and O–H groups in total. The predicted molar refractivity (Wildman–Crippen MR) is 113 cm³/mol. The maximum Gasteiger partial charge on any atom is 0.270 e. The molecule has 7 nitrogen and oxygen atoms in total. The van der Waals surface area contributed by atoms with Gasteiger partial charge in [0.15, 0.2) is 0 Å². The summed E-state index contributed by atoms with van der Waals surface area (Å²) in [6.45, 7) is 5.79. The second-order valence-corrected chi connectivity index (χ2v) is 7.01. The summed E-state index contributed by atoms with van der Waals surface area (Å²) in [6, 6.07) is 16.0. The number of benzene rings is 1. The molecule has 148 valence electrons. The highest BCUT2D eigenvalue weighted by atomic mass is 16.1. The van der Waals surface area contributed by atoms with Crippen molar-refractivity contribution >= 4 is 17.4 Å². The van der Waals surface area contributed by atoms with E-state index in [4.69, 9.17) is 0 Å². The van der Waals surface area contributed by atoms with E-state index in [0.29, 0.717) is 18.1 Å². The number of nitrogens with one attached hydrogen (secondary N) is 1. The Bertz CT molecular complexity index is 956. The van der Waals surface area contributed by atoms with Crippen LogP contribution in [0.1, 0.15) is 21.9 Å². The predicted octanol–water partition coefficient (Wildman–Crippen LogP) is 2.44. The van der Waals surface area contributed by atoms with E-state index in [-0.39, 0.29) is 5.91 Å². The summed E-state index contributed by atoms with van der Waals surface area (Å²) in [4.78, 5) is 30.1. The van der Waals surface area contributed by atoms with Crippen molar-refractivity contribution in [2.45, 2.75) is 13.5 Å². The van der Waals surface area contributed by atoms with E-state index in [1.165, 1.54) is 5.69 Å². The fraction of sp³-hybridized carbons (Fsp3) is 0.273. The van der Waals surface area contributed by atoms with Crippen LogP contribution in [0.4, 0.5) is 11.5 Å². The Morgan fingerprint density at radius 1 is 0.966 bits per heavy atom. The number of pyridine rings is 1. The molecule has 1 aliphatic rings. The number of aryl methyl sites for hydroxylation is 1. The molecule has 0 atom stereocenters. The highest BCUT2D eigenvalue weighted by Gasteiger charge is 2.20. The SMILES string of the molecule is Cc1nc(C(=O)NCc2ccncc2)cc(N2CCN(c3ccccc3)CC2)n1. The molecule has 3 aromatic rings. The van der Waals surface area contributed by atoms with Gasteiger partial charge in [0.1, 0.15) is 17.3 Å². The van der Waals surface area contributed by atoms with Crippen molar-refractivity contribution in [2.24, 2.45) is 0 Å². The van der Waals surface area contributed by atoms with Gasteiger partial charge in [0.2, 0.25) is 0 Å². The molecule has 3 heterocycles. The summed E-state index contributed by atoms with van der Waals surface area (Å²) in [6.07, 6.45) is 3.42. The molecular formula is C22H24N6O. The lowest BCUT2D eigenvalue weighted by molar-refractivity contribution is 0.0945. The summed E-state index contributed by atoms with van der Waals surface area (Å²) in [5.41, 5.74) is 2.63. The van der Waals surface area contributed by atoms with E-state index in [9.17, 15) is 4.79 Å². The van der Waals surface area contributed by atoms with Crippen LogP contribution in [0, 0.1) is 6.92 Å². The van der Waals surface area contributed by atoms with E-state index in [0.717, 1.165) is 37.6 Å². The van der Waals surface area contributed by atoms with Crippen molar-refractivity contribution in [3.63, 3.8) is 0 Å². The summed E-state index contributed by atoms with van der Waals surface area (Å²) in [5.74, 6) is 1.21. The minimum absolute atomic E-state index is 0.198. The van der Waals surface area contributed by atoms with E-state index >= 15 is 0 Å². The molecule has 0 saturated carbocycles. The molecule has 2 aromatic heterocycles. The van der Waals surface area contributed by atoms with Crippen LogP contribution in [-0.4, -0.2) is 47.0 Å². The summed E-state index contributed by atoms with van der Waals surface area (Å²) in [5, 5.41) is 2.92. The van der Waals surface area contributed by atoms with Gasteiger partial charge in [0.25, 0.3) is 5.91 Å². The highest BCUT2D eigenvalue weighted by molar-refractivity contribution is 5.92. The number of amides is 1. The van der Waals surface area contributed by atoms with Gasteiger partial charge in [-0.2, -0.15) is 0 Å². The quantitative estimate of drug-likeness (QED) is 0.724. The molecule has 1 amide bonds. The minimum Gasteiger partial charge on any atom is -0.368 e. The maximum atomic E-state index is 12.6. The monoisotopic (exact) mass is 388 g/mol. The Morgan fingerprint density at radius 2 is 1.66 bits per heavy atom. The van der Waals surface area contributed by atoms with Crippen molar-refractivity contribution in [1.82, 2.24) is 20.3 Å². The average molecular weight is 388 g/mol. The van der Waals surface area contributed by atoms with Gasteiger partial charge in [0.05, 0.1) is 0 Å². The Morgan fingerprint density at radius 3 is 2.38 bits per heavy atom. The zero-order valence-electron chi connectivity index (χ0n) is 16.5. The van der Waals surface area contributed by atoms with Crippen molar-refractivity contribution in [3.8, 4) is 0 Å². The minimum atomic E-state index is -0.198. The lowest BCUT2D eigenvalue weighted by atomic mass is 10.2. The van der Waals surface area contributed by atoms with Crippen molar-refractivity contribution in [1.29, 1.82) is 0 Å². The molecule has 0 unspecified atom stereocenters.